The van der Waals surface area contributed by atoms with Crippen molar-refractivity contribution in [1.82, 2.24) is 9.78 Å². The molecule has 0 aliphatic heterocycles. The van der Waals surface area contributed by atoms with E-state index in [0.29, 0.717) is 0 Å². The van der Waals surface area contributed by atoms with Crippen LogP contribution in [0.4, 0.5) is 11.4 Å². The highest BCUT2D eigenvalue weighted by molar-refractivity contribution is 7.89. The van der Waals surface area contributed by atoms with Gasteiger partial charge in [-0.15, -0.1) is 0 Å². The number of primary sulfonamides is 1. The largest absolute Gasteiger partial charge is 0.375 e. The Hall–Kier alpha value is -3.24. The topological polar surface area (TPSA) is 133 Å². The van der Waals surface area contributed by atoms with E-state index < -0.39 is 25.5 Å². The van der Waals surface area contributed by atoms with E-state index in [1.165, 1.54) is 12.1 Å². The summed E-state index contributed by atoms with van der Waals surface area (Å²) >= 11 is 0. The summed E-state index contributed by atoms with van der Waals surface area (Å²) in [7, 11) is -4.21. The summed E-state index contributed by atoms with van der Waals surface area (Å²) in [6, 6.07) is 13.2. The third-order valence-electron chi connectivity index (χ3n) is 3.68. The van der Waals surface area contributed by atoms with Crippen LogP contribution in [-0.2, 0) is 16.6 Å². The zero-order valence-electron chi connectivity index (χ0n) is 13.4. The molecule has 0 aliphatic carbocycles. The highest BCUT2D eigenvalue weighted by atomic mass is 32.2. The Bertz CT molecular complexity index is 1030. The second-order valence-corrected chi connectivity index (χ2v) is 6.95. The van der Waals surface area contributed by atoms with Crippen molar-refractivity contribution in [2.45, 2.75) is 11.4 Å². The molecule has 0 bridgehead atoms. The molecule has 0 atom stereocenters. The number of hydrogen-bond donors (Lipinski definition) is 2. The number of benzene rings is 2. The molecular formula is C16H15N5O4S. The van der Waals surface area contributed by atoms with Gasteiger partial charge in [-0.3, -0.25) is 10.1 Å². The number of sulfonamides is 1. The first kappa shape index (κ1) is 17.6. The zero-order valence-corrected chi connectivity index (χ0v) is 14.3. The molecule has 134 valence electrons. The summed E-state index contributed by atoms with van der Waals surface area (Å²) in [5.74, 6) is 0. The fourth-order valence-electron chi connectivity index (χ4n) is 2.47. The molecule has 3 rings (SSSR count). The van der Waals surface area contributed by atoms with Gasteiger partial charge < -0.3 is 5.32 Å². The van der Waals surface area contributed by atoms with Gasteiger partial charge in [-0.1, -0.05) is 18.2 Å². The van der Waals surface area contributed by atoms with Gasteiger partial charge in [-0.05, 0) is 35.9 Å². The molecule has 26 heavy (non-hydrogen) atoms. The summed E-state index contributed by atoms with van der Waals surface area (Å²) < 4.78 is 24.8. The smallest absolute Gasteiger partial charge is 0.312 e. The Kier molecular flexibility index (Phi) is 4.69. The number of nitrogens with one attached hydrogen (secondary N) is 1. The standard InChI is InChI=1S/C16H15N5O4S/c17-26(24,25)15-4-1-3-14(16(15)21(22)23)18-11-12-5-7-13(8-6-12)20-10-2-9-19-20/h1-10,18H,11H2,(H2,17,24,25). The molecule has 3 aromatic rings. The van der Waals surface area contributed by atoms with Crippen LogP contribution in [0, 0.1) is 10.1 Å². The molecule has 0 aliphatic rings. The van der Waals surface area contributed by atoms with Gasteiger partial charge >= 0.3 is 5.69 Å². The third-order valence-corrected chi connectivity index (χ3v) is 4.62. The summed E-state index contributed by atoms with van der Waals surface area (Å²) in [6.07, 6.45) is 3.49. The van der Waals surface area contributed by atoms with E-state index in [9.17, 15) is 18.5 Å². The Morgan fingerprint density at radius 3 is 2.46 bits per heavy atom. The number of rotatable bonds is 6. The van der Waals surface area contributed by atoms with E-state index in [-0.39, 0.29) is 12.2 Å². The minimum Gasteiger partial charge on any atom is -0.375 e. The number of nitrogens with zero attached hydrogens (tertiary/aromatic N) is 3. The molecule has 0 unspecified atom stereocenters. The van der Waals surface area contributed by atoms with E-state index >= 15 is 0 Å². The minimum atomic E-state index is -4.21. The van der Waals surface area contributed by atoms with Crippen molar-refractivity contribution in [1.29, 1.82) is 0 Å². The van der Waals surface area contributed by atoms with Crippen LogP contribution >= 0.6 is 0 Å². The quantitative estimate of drug-likeness (QED) is 0.502. The van der Waals surface area contributed by atoms with Crippen LogP contribution in [-0.4, -0.2) is 23.1 Å². The predicted molar refractivity (Wildman–Crippen MR) is 95.4 cm³/mol. The molecule has 0 saturated carbocycles. The lowest BCUT2D eigenvalue weighted by molar-refractivity contribution is -0.386. The fraction of sp³-hybridized carbons (Fsp3) is 0.0625. The lowest BCUT2D eigenvalue weighted by Gasteiger charge is -2.10. The number of nitrogens with two attached hydrogens (primary N) is 1. The van der Waals surface area contributed by atoms with E-state index in [0.717, 1.165) is 17.3 Å². The number of anilines is 1. The van der Waals surface area contributed by atoms with Gasteiger partial charge in [-0.25, -0.2) is 18.2 Å². The number of hydrogen-bond acceptors (Lipinski definition) is 6. The maximum absolute atomic E-state index is 11.6. The fourth-order valence-corrected chi connectivity index (χ4v) is 3.19. The second kappa shape index (κ2) is 6.94. The van der Waals surface area contributed by atoms with Crippen molar-refractivity contribution in [2.24, 2.45) is 5.14 Å². The molecule has 9 nitrogen and oxygen atoms in total. The van der Waals surface area contributed by atoms with Crippen molar-refractivity contribution in [2.75, 3.05) is 5.32 Å². The van der Waals surface area contributed by atoms with E-state index in [2.05, 4.69) is 10.4 Å². The zero-order chi connectivity index (χ0) is 18.7. The molecule has 3 N–H and O–H groups in total. The van der Waals surface area contributed by atoms with Crippen LogP contribution in [0.2, 0.25) is 0 Å². The SMILES string of the molecule is NS(=O)(=O)c1cccc(NCc2ccc(-n3cccn3)cc2)c1[N+](=O)[O-]. The Morgan fingerprint density at radius 2 is 1.88 bits per heavy atom. The van der Waals surface area contributed by atoms with Gasteiger partial charge in [0.1, 0.15) is 5.69 Å². The van der Waals surface area contributed by atoms with Crippen LogP contribution in [0.5, 0.6) is 0 Å². The average molecular weight is 373 g/mol. The van der Waals surface area contributed by atoms with Crippen molar-refractivity contribution >= 4 is 21.4 Å². The number of para-hydroxylation sites is 1. The Morgan fingerprint density at radius 1 is 1.15 bits per heavy atom. The molecule has 0 radical (unpaired) electrons. The normalized spacial score (nSPS) is 11.3. The van der Waals surface area contributed by atoms with Crippen molar-refractivity contribution in [3.63, 3.8) is 0 Å². The lowest BCUT2D eigenvalue weighted by Crippen LogP contribution is -2.15. The first-order valence-corrected chi connectivity index (χ1v) is 9.04. The highest BCUT2D eigenvalue weighted by Crippen LogP contribution is 2.31. The van der Waals surface area contributed by atoms with Gasteiger partial charge in [0.05, 0.1) is 10.6 Å². The molecule has 0 fully saturated rings. The number of nitro benzene ring substituents is 1. The average Bonchev–Trinajstić information content (AvgIpc) is 3.13. The Balaban J connectivity index is 1.83. The van der Waals surface area contributed by atoms with Crippen LogP contribution in [0.15, 0.2) is 65.8 Å². The van der Waals surface area contributed by atoms with Crippen molar-refractivity contribution in [3.05, 3.63) is 76.6 Å². The summed E-state index contributed by atoms with van der Waals surface area (Å²) in [4.78, 5) is 10.0. The predicted octanol–water partition coefficient (Wildman–Crippen LogP) is 2.04. The monoisotopic (exact) mass is 373 g/mol. The molecule has 1 aromatic heterocycles. The minimum absolute atomic E-state index is 0.0812. The van der Waals surface area contributed by atoms with Gasteiger partial charge in [0.15, 0.2) is 4.90 Å². The second-order valence-electron chi connectivity index (χ2n) is 5.43. The van der Waals surface area contributed by atoms with Crippen LogP contribution in [0.3, 0.4) is 0 Å². The van der Waals surface area contributed by atoms with E-state index in [4.69, 9.17) is 5.14 Å². The highest BCUT2D eigenvalue weighted by Gasteiger charge is 2.26. The molecule has 0 amide bonds. The molecule has 0 saturated heterocycles. The van der Waals surface area contributed by atoms with Gasteiger partial charge in [0.25, 0.3) is 0 Å². The summed E-state index contributed by atoms with van der Waals surface area (Å²) in [6.45, 7) is 0.272. The van der Waals surface area contributed by atoms with Crippen LogP contribution < -0.4 is 10.5 Å². The van der Waals surface area contributed by atoms with E-state index in [1.54, 1.807) is 10.9 Å². The summed E-state index contributed by atoms with van der Waals surface area (Å²) in [5, 5.41) is 23.4. The lowest BCUT2D eigenvalue weighted by atomic mass is 10.2. The number of aromatic nitrogens is 2. The third kappa shape index (κ3) is 3.71. The van der Waals surface area contributed by atoms with Crippen LogP contribution in [0.25, 0.3) is 5.69 Å². The maximum atomic E-state index is 11.6. The Labute approximate surface area is 149 Å². The van der Waals surface area contributed by atoms with Crippen molar-refractivity contribution < 1.29 is 13.3 Å². The van der Waals surface area contributed by atoms with Gasteiger partial charge in [-0.2, -0.15) is 5.10 Å². The van der Waals surface area contributed by atoms with Gasteiger partial charge in [0.2, 0.25) is 10.0 Å². The van der Waals surface area contributed by atoms with Crippen molar-refractivity contribution in [3.8, 4) is 5.69 Å². The summed E-state index contributed by atoms with van der Waals surface area (Å²) in [5.41, 5.74) is 1.25. The molecule has 0 spiro atoms. The molecular weight excluding hydrogens is 358 g/mol. The first-order valence-electron chi connectivity index (χ1n) is 7.49. The first-order chi connectivity index (χ1) is 12.4. The maximum Gasteiger partial charge on any atom is 0.312 e. The van der Waals surface area contributed by atoms with E-state index in [1.807, 2.05) is 36.5 Å². The van der Waals surface area contributed by atoms with Gasteiger partial charge in [0, 0.05) is 18.9 Å². The molecule has 10 heteroatoms. The molecule has 2 aromatic carbocycles. The molecule has 1 heterocycles. The number of nitro groups is 1. The van der Waals surface area contributed by atoms with Crippen LogP contribution in [0.1, 0.15) is 5.56 Å².